The van der Waals surface area contributed by atoms with E-state index in [0.717, 1.165) is 0 Å². The fraction of sp³-hybridized carbons (Fsp3) is 0.400. The summed E-state index contributed by atoms with van der Waals surface area (Å²) in [6.45, 7) is 2.74. The van der Waals surface area contributed by atoms with Crippen molar-refractivity contribution in [1.29, 1.82) is 0 Å². The molecule has 0 bridgehead atoms. The number of hydrogen-bond donors (Lipinski definition) is 0. The average Bonchev–Trinajstić information content (AvgIpc) is 3.17. The number of hydrogen-bond acceptors (Lipinski definition) is 5. The molecule has 0 fully saturated rings. The number of aromatic nitrogens is 5. The number of halogens is 4. The lowest BCUT2D eigenvalue weighted by Gasteiger charge is -2.13. The second-order valence-corrected chi connectivity index (χ2v) is 6.08. The molecular weight excluding hydrogens is 419 g/mol. The average molecular weight is 434 g/mol. The Hall–Kier alpha value is -2.14. The number of alkyl halides is 3. The molecule has 7 nitrogen and oxygen atoms in total. The van der Waals surface area contributed by atoms with Crippen LogP contribution in [0.25, 0.3) is 16.8 Å². The minimum atomic E-state index is -4.48. The Morgan fingerprint density at radius 1 is 1.31 bits per heavy atom. The molecule has 1 unspecified atom stereocenters. The third-order valence-corrected chi connectivity index (χ3v) is 3.83. The van der Waals surface area contributed by atoms with Crippen LogP contribution in [0.4, 0.5) is 13.2 Å². The maximum Gasteiger partial charge on any atom is 0.422 e. The van der Waals surface area contributed by atoms with Crippen LogP contribution in [0.3, 0.4) is 0 Å². The van der Waals surface area contributed by atoms with E-state index >= 15 is 0 Å². The molecule has 140 valence electrons. The Morgan fingerprint density at radius 2 is 2.08 bits per heavy atom. The van der Waals surface area contributed by atoms with Crippen LogP contribution < -0.4 is 4.74 Å². The van der Waals surface area contributed by atoms with Crippen molar-refractivity contribution in [3.8, 4) is 17.0 Å². The van der Waals surface area contributed by atoms with E-state index in [2.05, 4.69) is 31.1 Å². The number of pyridine rings is 1. The summed E-state index contributed by atoms with van der Waals surface area (Å²) in [7, 11) is 0. The molecule has 0 amide bonds. The van der Waals surface area contributed by atoms with E-state index < -0.39 is 12.8 Å². The maximum atomic E-state index is 12.7. The minimum Gasteiger partial charge on any atom is -0.467 e. The fourth-order valence-corrected chi connectivity index (χ4v) is 2.74. The number of rotatable bonds is 6. The first-order valence-corrected chi connectivity index (χ1v) is 8.48. The highest BCUT2D eigenvalue weighted by molar-refractivity contribution is 9.10. The topological polar surface area (TPSA) is 66.5 Å². The van der Waals surface area contributed by atoms with Crippen LogP contribution in [-0.4, -0.2) is 43.8 Å². The van der Waals surface area contributed by atoms with Gasteiger partial charge in [0.15, 0.2) is 12.3 Å². The molecule has 0 spiro atoms. The summed E-state index contributed by atoms with van der Waals surface area (Å²) in [6.07, 6.45) is -1.58. The molecule has 3 heterocycles. The molecule has 0 aliphatic carbocycles. The SMILES string of the molecule is CCOC(C)n1cc(-c2ccc3nc(Br)nn3c2OCC(F)(F)F)cn1. The molecule has 0 aromatic carbocycles. The number of fused-ring (bicyclic) bond motifs is 1. The normalized spacial score (nSPS) is 13.3. The second kappa shape index (κ2) is 7.23. The van der Waals surface area contributed by atoms with Crippen molar-refractivity contribution in [2.45, 2.75) is 26.3 Å². The molecule has 0 saturated heterocycles. The predicted molar refractivity (Wildman–Crippen MR) is 89.8 cm³/mol. The molecule has 3 rings (SSSR count). The third-order valence-electron chi connectivity index (χ3n) is 3.49. The summed E-state index contributed by atoms with van der Waals surface area (Å²) < 4.78 is 51.5. The smallest absolute Gasteiger partial charge is 0.422 e. The van der Waals surface area contributed by atoms with Gasteiger partial charge in [-0.1, -0.05) is 0 Å². The van der Waals surface area contributed by atoms with E-state index in [4.69, 9.17) is 9.47 Å². The summed E-state index contributed by atoms with van der Waals surface area (Å²) >= 11 is 3.12. The highest BCUT2D eigenvalue weighted by Gasteiger charge is 2.30. The van der Waals surface area contributed by atoms with E-state index in [-0.39, 0.29) is 16.8 Å². The van der Waals surface area contributed by atoms with Crippen molar-refractivity contribution < 1.29 is 22.6 Å². The Morgan fingerprint density at radius 3 is 2.77 bits per heavy atom. The van der Waals surface area contributed by atoms with Crippen LogP contribution in [0.2, 0.25) is 0 Å². The van der Waals surface area contributed by atoms with E-state index in [1.54, 1.807) is 23.0 Å². The summed E-state index contributed by atoms with van der Waals surface area (Å²) in [5, 5.41) is 8.25. The lowest BCUT2D eigenvalue weighted by atomic mass is 10.1. The third kappa shape index (κ3) is 3.98. The lowest BCUT2D eigenvalue weighted by Crippen LogP contribution is -2.20. The molecule has 1 atom stereocenters. The largest absolute Gasteiger partial charge is 0.467 e. The number of ether oxygens (including phenoxy) is 2. The van der Waals surface area contributed by atoms with E-state index in [1.165, 1.54) is 10.7 Å². The molecule has 0 aliphatic rings. The zero-order valence-electron chi connectivity index (χ0n) is 13.9. The van der Waals surface area contributed by atoms with Gasteiger partial charge < -0.3 is 9.47 Å². The molecule has 11 heteroatoms. The van der Waals surface area contributed by atoms with Crippen molar-refractivity contribution in [3.63, 3.8) is 0 Å². The van der Waals surface area contributed by atoms with Gasteiger partial charge in [0, 0.05) is 23.9 Å². The van der Waals surface area contributed by atoms with Crippen molar-refractivity contribution in [2.75, 3.05) is 13.2 Å². The Labute approximate surface area is 154 Å². The van der Waals surface area contributed by atoms with Gasteiger partial charge >= 0.3 is 6.18 Å². The van der Waals surface area contributed by atoms with Gasteiger partial charge in [0.1, 0.15) is 6.23 Å². The van der Waals surface area contributed by atoms with Crippen LogP contribution in [0.1, 0.15) is 20.1 Å². The van der Waals surface area contributed by atoms with Gasteiger partial charge in [-0.3, -0.25) is 0 Å². The summed E-state index contributed by atoms with van der Waals surface area (Å²) in [5.41, 5.74) is 1.34. The molecular formula is C15H15BrF3N5O2. The zero-order chi connectivity index (χ0) is 18.9. The first kappa shape index (κ1) is 18.6. The Kier molecular flexibility index (Phi) is 5.19. The van der Waals surface area contributed by atoms with E-state index in [1.807, 2.05) is 13.8 Å². The first-order chi connectivity index (χ1) is 12.3. The van der Waals surface area contributed by atoms with Gasteiger partial charge in [-0.05, 0) is 41.9 Å². The quantitative estimate of drug-likeness (QED) is 0.590. The zero-order valence-corrected chi connectivity index (χ0v) is 15.5. The van der Waals surface area contributed by atoms with Gasteiger partial charge in [0.2, 0.25) is 10.6 Å². The Bertz CT molecular complexity index is 908. The number of nitrogens with zero attached hydrogens (tertiary/aromatic N) is 5. The highest BCUT2D eigenvalue weighted by Crippen LogP contribution is 2.32. The van der Waals surface area contributed by atoms with Gasteiger partial charge in [-0.15, -0.1) is 5.10 Å². The van der Waals surface area contributed by atoms with Gasteiger partial charge in [0.25, 0.3) is 0 Å². The van der Waals surface area contributed by atoms with Gasteiger partial charge in [-0.25, -0.2) is 9.67 Å². The molecule has 0 radical (unpaired) electrons. The first-order valence-electron chi connectivity index (χ1n) is 7.69. The molecule has 0 aliphatic heterocycles. The minimum absolute atomic E-state index is 0.0679. The predicted octanol–water partition coefficient (Wildman–Crippen LogP) is 3.85. The van der Waals surface area contributed by atoms with Crippen LogP contribution in [0.15, 0.2) is 29.3 Å². The monoisotopic (exact) mass is 433 g/mol. The van der Waals surface area contributed by atoms with Crippen molar-refractivity contribution >= 4 is 21.6 Å². The van der Waals surface area contributed by atoms with E-state index in [9.17, 15) is 13.2 Å². The molecule has 0 N–H and O–H groups in total. The Balaban J connectivity index is 2.04. The highest BCUT2D eigenvalue weighted by atomic mass is 79.9. The van der Waals surface area contributed by atoms with Gasteiger partial charge in [-0.2, -0.15) is 22.8 Å². The maximum absolute atomic E-state index is 12.7. The van der Waals surface area contributed by atoms with E-state index in [0.29, 0.717) is 23.4 Å². The molecule has 0 saturated carbocycles. The van der Waals surface area contributed by atoms with Crippen molar-refractivity contribution in [1.82, 2.24) is 24.4 Å². The second-order valence-electron chi connectivity index (χ2n) is 5.37. The molecule has 26 heavy (non-hydrogen) atoms. The molecule has 3 aromatic rings. The fourth-order valence-electron chi connectivity index (χ4n) is 2.40. The van der Waals surface area contributed by atoms with Crippen molar-refractivity contribution in [2.24, 2.45) is 0 Å². The summed E-state index contributed by atoms with van der Waals surface area (Å²) in [6, 6.07) is 3.26. The van der Waals surface area contributed by atoms with Crippen LogP contribution >= 0.6 is 15.9 Å². The van der Waals surface area contributed by atoms with Crippen LogP contribution in [0.5, 0.6) is 5.88 Å². The molecule has 3 aromatic heterocycles. The summed E-state index contributed by atoms with van der Waals surface area (Å²) in [5.74, 6) is -0.0679. The standard InChI is InChI=1S/C15H15BrF3N5O2/c1-3-25-9(2)23-7-10(6-20-23)11-4-5-12-21-14(16)22-24(12)13(11)26-8-15(17,18)19/h4-7,9H,3,8H2,1-2H3. The van der Waals surface area contributed by atoms with Crippen LogP contribution in [-0.2, 0) is 4.74 Å². The lowest BCUT2D eigenvalue weighted by molar-refractivity contribution is -0.154. The van der Waals surface area contributed by atoms with Crippen LogP contribution in [0, 0.1) is 0 Å². The summed E-state index contributed by atoms with van der Waals surface area (Å²) in [4.78, 5) is 4.08. The van der Waals surface area contributed by atoms with Gasteiger partial charge in [0.05, 0.1) is 6.20 Å². The van der Waals surface area contributed by atoms with Crippen molar-refractivity contribution in [3.05, 3.63) is 29.3 Å².